The Morgan fingerprint density at radius 1 is 1.36 bits per heavy atom. The zero-order valence-electron chi connectivity index (χ0n) is 14.2. The number of carbonyl (C=O) groups excluding carboxylic acids is 1. The molecule has 0 aromatic heterocycles. The Bertz CT molecular complexity index is 622. The molecule has 4 N–H and O–H groups in total. The molecule has 1 aromatic carbocycles. The summed E-state index contributed by atoms with van der Waals surface area (Å²) >= 11 is 0. The second-order valence-electron chi connectivity index (χ2n) is 7.03. The first-order valence-electron chi connectivity index (χ1n) is 8.78. The highest BCUT2D eigenvalue weighted by Gasteiger charge is 2.48. The number of carbonyl (C=O) groups is 1. The Morgan fingerprint density at radius 2 is 2.16 bits per heavy atom. The summed E-state index contributed by atoms with van der Waals surface area (Å²) in [6.07, 6.45) is 0.689. The molecule has 1 aromatic rings. The van der Waals surface area contributed by atoms with Gasteiger partial charge in [0.25, 0.3) is 0 Å². The zero-order valence-corrected chi connectivity index (χ0v) is 14.2. The summed E-state index contributed by atoms with van der Waals surface area (Å²) in [5, 5.41) is 5.20. The molecule has 0 bridgehead atoms. The molecular weight excluding hydrogens is 325 g/mol. The zero-order chi connectivity index (χ0) is 17.4. The average molecular weight is 349 g/mol. The highest BCUT2D eigenvalue weighted by molar-refractivity contribution is 5.79. The molecule has 0 saturated carbocycles. The Labute approximate surface area is 146 Å². The number of benzene rings is 1. The third-order valence-corrected chi connectivity index (χ3v) is 5.28. The van der Waals surface area contributed by atoms with Gasteiger partial charge in [0, 0.05) is 25.1 Å². The molecule has 3 saturated heterocycles. The van der Waals surface area contributed by atoms with Crippen LogP contribution in [0, 0.1) is 17.7 Å². The Kier molecular flexibility index (Phi) is 4.70. The van der Waals surface area contributed by atoms with Crippen LogP contribution >= 0.6 is 0 Å². The molecule has 0 radical (unpaired) electrons. The lowest BCUT2D eigenvalue weighted by atomic mass is 9.97. The van der Waals surface area contributed by atoms with Crippen LogP contribution in [0.4, 0.5) is 4.39 Å². The molecule has 5 unspecified atom stereocenters. The molecular formula is C17H24FN5O2. The molecule has 5 atom stereocenters. The molecule has 0 aliphatic carbocycles. The normalized spacial score (nSPS) is 35.0. The summed E-state index contributed by atoms with van der Waals surface area (Å²) in [6.45, 7) is 3.92. The van der Waals surface area contributed by atoms with Crippen molar-refractivity contribution in [1.82, 2.24) is 26.6 Å². The molecule has 136 valence electrons. The third-order valence-electron chi connectivity index (χ3n) is 5.28. The van der Waals surface area contributed by atoms with E-state index in [1.165, 1.54) is 12.1 Å². The standard InChI is InChI=1S/C17H24FN5O2/c1-10-14-15(19-17(24)12-6-7-25-9-12)20-21-16(14)23(22-10)8-11-2-4-13(18)5-3-11/h2-5,10,12,14-16,20-22H,6-9H2,1H3,(H,19,24). The van der Waals surface area contributed by atoms with Crippen LogP contribution in [-0.4, -0.2) is 42.5 Å². The summed E-state index contributed by atoms with van der Waals surface area (Å²) in [6, 6.07) is 6.71. The minimum atomic E-state index is -0.233. The van der Waals surface area contributed by atoms with E-state index in [4.69, 9.17) is 4.74 Å². The third kappa shape index (κ3) is 3.40. The number of amides is 1. The first-order valence-corrected chi connectivity index (χ1v) is 8.78. The van der Waals surface area contributed by atoms with Gasteiger partial charge in [-0.1, -0.05) is 12.1 Å². The van der Waals surface area contributed by atoms with Crippen LogP contribution in [0.15, 0.2) is 24.3 Å². The van der Waals surface area contributed by atoms with Gasteiger partial charge in [0.05, 0.1) is 24.9 Å². The summed E-state index contributed by atoms with van der Waals surface area (Å²) in [7, 11) is 0. The number of hydrogen-bond acceptors (Lipinski definition) is 6. The van der Waals surface area contributed by atoms with E-state index in [2.05, 4.69) is 33.5 Å². The fourth-order valence-electron chi connectivity index (χ4n) is 3.90. The van der Waals surface area contributed by atoms with Crippen molar-refractivity contribution in [2.24, 2.45) is 11.8 Å². The Hall–Kier alpha value is -1.58. The molecule has 7 nitrogen and oxygen atoms in total. The van der Waals surface area contributed by atoms with Gasteiger partial charge in [0.1, 0.15) is 5.82 Å². The molecule has 25 heavy (non-hydrogen) atoms. The van der Waals surface area contributed by atoms with Crippen LogP contribution in [0.25, 0.3) is 0 Å². The lowest BCUT2D eigenvalue weighted by Gasteiger charge is -2.23. The lowest BCUT2D eigenvalue weighted by Crippen LogP contribution is -2.53. The van der Waals surface area contributed by atoms with Crippen molar-refractivity contribution < 1.29 is 13.9 Å². The van der Waals surface area contributed by atoms with E-state index in [0.29, 0.717) is 19.8 Å². The maximum absolute atomic E-state index is 13.1. The molecule has 8 heteroatoms. The van der Waals surface area contributed by atoms with E-state index in [1.54, 1.807) is 12.1 Å². The molecule has 3 aliphatic heterocycles. The fraction of sp³-hybridized carbons (Fsp3) is 0.588. The minimum absolute atomic E-state index is 0.0432. The van der Waals surface area contributed by atoms with Crippen molar-refractivity contribution in [2.75, 3.05) is 13.2 Å². The average Bonchev–Trinajstić information content (AvgIpc) is 3.30. The number of hydrazine groups is 2. The smallest absolute Gasteiger partial charge is 0.226 e. The van der Waals surface area contributed by atoms with Gasteiger partial charge in [0.2, 0.25) is 5.91 Å². The summed E-state index contributed by atoms with van der Waals surface area (Å²) < 4.78 is 18.4. The molecule has 1 amide bonds. The maximum Gasteiger partial charge on any atom is 0.226 e. The van der Waals surface area contributed by atoms with Crippen LogP contribution in [-0.2, 0) is 16.1 Å². The number of halogens is 1. The highest BCUT2D eigenvalue weighted by Crippen LogP contribution is 2.28. The Balaban J connectivity index is 1.39. The molecule has 3 aliphatic rings. The second kappa shape index (κ2) is 6.97. The quantitative estimate of drug-likeness (QED) is 0.616. The van der Waals surface area contributed by atoms with Gasteiger partial charge in [-0.2, -0.15) is 0 Å². The summed E-state index contributed by atoms with van der Waals surface area (Å²) in [5.41, 5.74) is 11.0. The summed E-state index contributed by atoms with van der Waals surface area (Å²) in [5.74, 6) is -0.0575. The van der Waals surface area contributed by atoms with E-state index < -0.39 is 0 Å². The van der Waals surface area contributed by atoms with Crippen LogP contribution in [0.3, 0.4) is 0 Å². The van der Waals surface area contributed by atoms with Gasteiger partial charge in [-0.3, -0.25) is 10.2 Å². The molecule has 0 spiro atoms. The van der Waals surface area contributed by atoms with Crippen molar-refractivity contribution >= 4 is 5.91 Å². The van der Waals surface area contributed by atoms with E-state index >= 15 is 0 Å². The van der Waals surface area contributed by atoms with Crippen molar-refractivity contribution in [3.05, 3.63) is 35.6 Å². The topological polar surface area (TPSA) is 77.7 Å². The maximum atomic E-state index is 13.1. The van der Waals surface area contributed by atoms with Gasteiger partial charge in [0.15, 0.2) is 0 Å². The number of ether oxygens (including phenoxy) is 1. The van der Waals surface area contributed by atoms with Crippen LogP contribution in [0.2, 0.25) is 0 Å². The number of hydrogen-bond donors (Lipinski definition) is 4. The van der Waals surface area contributed by atoms with Crippen LogP contribution in [0.1, 0.15) is 18.9 Å². The van der Waals surface area contributed by atoms with Crippen molar-refractivity contribution in [1.29, 1.82) is 0 Å². The van der Waals surface area contributed by atoms with E-state index in [0.717, 1.165) is 12.0 Å². The largest absolute Gasteiger partial charge is 0.381 e. The first kappa shape index (κ1) is 16.9. The van der Waals surface area contributed by atoms with E-state index in [9.17, 15) is 9.18 Å². The van der Waals surface area contributed by atoms with E-state index in [1.807, 2.05) is 0 Å². The second-order valence-corrected chi connectivity index (χ2v) is 7.03. The predicted molar refractivity (Wildman–Crippen MR) is 88.9 cm³/mol. The van der Waals surface area contributed by atoms with Gasteiger partial charge < -0.3 is 10.1 Å². The number of nitrogens with zero attached hydrogens (tertiary/aromatic N) is 1. The van der Waals surface area contributed by atoms with Crippen molar-refractivity contribution in [3.63, 3.8) is 0 Å². The van der Waals surface area contributed by atoms with Crippen molar-refractivity contribution in [3.8, 4) is 0 Å². The number of nitrogens with one attached hydrogen (secondary N) is 4. The van der Waals surface area contributed by atoms with Crippen molar-refractivity contribution in [2.45, 2.75) is 38.3 Å². The minimum Gasteiger partial charge on any atom is -0.381 e. The molecule has 4 rings (SSSR count). The number of rotatable bonds is 4. The summed E-state index contributed by atoms with van der Waals surface area (Å²) in [4.78, 5) is 12.4. The Morgan fingerprint density at radius 3 is 2.88 bits per heavy atom. The van der Waals surface area contributed by atoms with Gasteiger partial charge in [-0.15, -0.1) is 0 Å². The van der Waals surface area contributed by atoms with Gasteiger partial charge in [-0.25, -0.2) is 20.3 Å². The van der Waals surface area contributed by atoms with E-state index in [-0.39, 0.29) is 41.9 Å². The van der Waals surface area contributed by atoms with Gasteiger partial charge >= 0.3 is 0 Å². The predicted octanol–water partition coefficient (Wildman–Crippen LogP) is 0.0633. The highest BCUT2D eigenvalue weighted by atomic mass is 19.1. The SMILES string of the molecule is CC1NN(Cc2ccc(F)cc2)C2NNC(NC(=O)C3CCOC3)C12. The number of fused-ring (bicyclic) bond motifs is 1. The van der Waals surface area contributed by atoms with Crippen LogP contribution < -0.4 is 21.6 Å². The van der Waals surface area contributed by atoms with Gasteiger partial charge in [-0.05, 0) is 31.0 Å². The fourth-order valence-corrected chi connectivity index (χ4v) is 3.90. The molecule has 3 fully saturated rings. The molecule has 3 heterocycles. The first-order chi connectivity index (χ1) is 12.1. The lowest BCUT2D eigenvalue weighted by molar-refractivity contribution is -0.126. The van der Waals surface area contributed by atoms with Crippen LogP contribution in [0.5, 0.6) is 0 Å². The monoisotopic (exact) mass is 349 g/mol.